The second-order valence-corrected chi connectivity index (χ2v) is 9.94. The SMILES string of the molecule is CCCCCCCCC(=O)Nc1ccc(NC(=O)c2cccc(S(C)(=O)=O)c2)c(Cl)c1. The Morgan fingerprint density at radius 2 is 1.65 bits per heavy atom. The quantitative estimate of drug-likeness (QED) is 0.418. The number of anilines is 2. The van der Waals surface area contributed by atoms with Crippen LogP contribution in [-0.2, 0) is 14.6 Å². The molecule has 0 spiro atoms. The van der Waals surface area contributed by atoms with Crippen LogP contribution in [0, 0.1) is 0 Å². The summed E-state index contributed by atoms with van der Waals surface area (Å²) in [5, 5.41) is 5.75. The van der Waals surface area contributed by atoms with Gasteiger partial charge in [0.2, 0.25) is 5.91 Å². The highest BCUT2D eigenvalue weighted by molar-refractivity contribution is 7.90. The van der Waals surface area contributed by atoms with Crippen LogP contribution in [0.1, 0.15) is 62.2 Å². The number of hydrogen-bond acceptors (Lipinski definition) is 4. The number of hydrogen-bond donors (Lipinski definition) is 2. The van der Waals surface area contributed by atoms with E-state index in [1.54, 1.807) is 18.2 Å². The van der Waals surface area contributed by atoms with E-state index < -0.39 is 15.7 Å². The van der Waals surface area contributed by atoms with E-state index in [9.17, 15) is 18.0 Å². The monoisotopic (exact) mass is 464 g/mol. The number of benzene rings is 2. The van der Waals surface area contributed by atoms with Crippen LogP contribution in [0.3, 0.4) is 0 Å². The van der Waals surface area contributed by atoms with Crippen LogP contribution >= 0.6 is 11.6 Å². The molecule has 2 aromatic carbocycles. The lowest BCUT2D eigenvalue weighted by molar-refractivity contribution is -0.116. The minimum absolute atomic E-state index is 0.0645. The number of carbonyl (C=O) groups excluding carboxylic acids is 2. The van der Waals surface area contributed by atoms with Crippen molar-refractivity contribution in [3.05, 3.63) is 53.1 Å². The molecule has 0 bridgehead atoms. The summed E-state index contributed by atoms with van der Waals surface area (Å²) in [6.07, 6.45) is 8.22. The molecule has 2 rings (SSSR count). The molecule has 6 nitrogen and oxygen atoms in total. The van der Waals surface area contributed by atoms with Crippen molar-refractivity contribution in [3.8, 4) is 0 Å². The highest BCUT2D eigenvalue weighted by Crippen LogP contribution is 2.26. The Balaban J connectivity index is 1.92. The number of halogens is 1. The maximum atomic E-state index is 12.5. The lowest BCUT2D eigenvalue weighted by atomic mass is 10.1. The summed E-state index contributed by atoms with van der Waals surface area (Å²) in [5.74, 6) is -0.548. The summed E-state index contributed by atoms with van der Waals surface area (Å²) in [6, 6.07) is 10.6. The van der Waals surface area contributed by atoms with Crippen LogP contribution in [0.4, 0.5) is 11.4 Å². The first kappa shape index (κ1) is 24.9. The summed E-state index contributed by atoms with van der Waals surface area (Å²) < 4.78 is 23.4. The first-order valence-electron chi connectivity index (χ1n) is 10.4. The van der Waals surface area contributed by atoms with Gasteiger partial charge < -0.3 is 10.6 Å². The van der Waals surface area contributed by atoms with Crippen molar-refractivity contribution in [3.63, 3.8) is 0 Å². The molecule has 0 aliphatic rings. The molecular formula is C23H29ClN2O4S. The van der Waals surface area contributed by atoms with Crippen LogP contribution in [-0.4, -0.2) is 26.5 Å². The van der Waals surface area contributed by atoms with Crippen LogP contribution in [0.5, 0.6) is 0 Å². The van der Waals surface area contributed by atoms with Gasteiger partial charge in [-0.25, -0.2) is 8.42 Å². The highest BCUT2D eigenvalue weighted by atomic mass is 35.5. The van der Waals surface area contributed by atoms with Gasteiger partial charge in [-0.2, -0.15) is 0 Å². The molecule has 2 aromatic rings. The van der Waals surface area contributed by atoms with Crippen molar-refractivity contribution >= 4 is 44.6 Å². The zero-order valence-corrected chi connectivity index (χ0v) is 19.5. The van der Waals surface area contributed by atoms with E-state index in [1.165, 1.54) is 43.5 Å². The fourth-order valence-electron chi connectivity index (χ4n) is 3.05. The second-order valence-electron chi connectivity index (χ2n) is 7.51. The summed E-state index contributed by atoms with van der Waals surface area (Å²) in [4.78, 5) is 24.7. The Morgan fingerprint density at radius 3 is 2.32 bits per heavy atom. The van der Waals surface area contributed by atoms with Crippen LogP contribution < -0.4 is 10.6 Å². The number of unbranched alkanes of at least 4 members (excludes halogenated alkanes) is 5. The van der Waals surface area contributed by atoms with Crippen molar-refractivity contribution in [2.45, 2.75) is 56.8 Å². The first-order valence-corrected chi connectivity index (χ1v) is 12.7. The van der Waals surface area contributed by atoms with Gasteiger partial charge in [0.15, 0.2) is 9.84 Å². The third kappa shape index (κ3) is 8.34. The highest BCUT2D eigenvalue weighted by Gasteiger charge is 2.13. The normalized spacial score (nSPS) is 11.2. The topological polar surface area (TPSA) is 92.3 Å². The van der Waals surface area contributed by atoms with Crippen LogP contribution in [0.15, 0.2) is 47.4 Å². The van der Waals surface area contributed by atoms with E-state index >= 15 is 0 Å². The zero-order valence-electron chi connectivity index (χ0n) is 17.9. The maximum Gasteiger partial charge on any atom is 0.255 e. The Kier molecular flexibility index (Phi) is 9.52. The van der Waals surface area contributed by atoms with Gasteiger partial charge in [0.1, 0.15) is 0 Å². The van der Waals surface area contributed by atoms with Gasteiger partial charge in [-0.05, 0) is 42.8 Å². The molecule has 2 N–H and O–H groups in total. The van der Waals surface area contributed by atoms with Crippen LogP contribution in [0.2, 0.25) is 5.02 Å². The van der Waals surface area contributed by atoms with E-state index in [0.717, 1.165) is 25.5 Å². The molecular weight excluding hydrogens is 436 g/mol. The van der Waals surface area contributed by atoms with Gasteiger partial charge in [0.25, 0.3) is 5.91 Å². The van der Waals surface area contributed by atoms with Crippen LogP contribution in [0.25, 0.3) is 0 Å². The second kappa shape index (κ2) is 11.9. The fraction of sp³-hybridized carbons (Fsp3) is 0.391. The van der Waals surface area contributed by atoms with Gasteiger partial charge in [-0.1, -0.05) is 56.7 Å². The molecule has 0 heterocycles. The third-order valence-corrected chi connectivity index (χ3v) is 6.21. The maximum absolute atomic E-state index is 12.5. The Labute approximate surface area is 189 Å². The van der Waals surface area contributed by atoms with Crippen molar-refractivity contribution in [1.29, 1.82) is 0 Å². The Hall–Kier alpha value is -2.38. The minimum atomic E-state index is -3.42. The van der Waals surface area contributed by atoms with Gasteiger partial charge in [0, 0.05) is 23.9 Å². The smallest absolute Gasteiger partial charge is 0.255 e. The summed E-state index contributed by atoms with van der Waals surface area (Å²) in [7, 11) is -3.42. The summed E-state index contributed by atoms with van der Waals surface area (Å²) in [6.45, 7) is 2.17. The fourth-order valence-corrected chi connectivity index (χ4v) is 3.94. The molecule has 168 valence electrons. The molecule has 0 atom stereocenters. The van der Waals surface area contributed by atoms with Gasteiger partial charge >= 0.3 is 0 Å². The molecule has 2 amide bonds. The molecule has 0 fully saturated rings. The molecule has 0 unspecified atom stereocenters. The van der Waals surface area contributed by atoms with E-state index in [0.29, 0.717) is 17.8 Å². The number of sulfone groups is 1. The summed E-state index contributed by atoms with van der Waals surface area (Å²) in [5.41, 5.74) is 1.12. The van der Waals surface area contributed by atoms with E-state index in [2.05, 4.69) is 17.6 Å². The lowest BCUT2D eigenvalue weighted by Gasteiger charge is -2.11. The minimum Gasteiger partial charge on any atom is -0.326 e. The molecule has 0 saturated carbocycles. The molecule has 0 saturated heterocycles. The molecule has 31 heavy (non-hydrogen) atoms. The van der Waals surface area contributed by atoms with Gasteiger partial charge in [-0.15, -0.1) is 0 Å². The van der Waals surface area contributed by atoms with Gasteiger partial charge in [-0.3, -0.25) is 9.59 Å². The number of nitrogens with one attached hydrogen (secondary N) is 2. The average Bonchev–Trinajstić information content (AvgIpc) is 2.72. The van der Waals surface area contributed by atoms with Crippen molar-refractivity contribution in [2.24, 2.45) is 0 Å². The Bertz CT molecular complexity index is 1020. The number of rotatable bonds is 11. The van der Waals surface area contributed by atoms with Gasteiger partial charge in [0.05, 0.1) is 15.6 Å². The van der Waals surface area contributed by atoms with E-state index in [4.69, 9.17) is 11.6 Å². The van der Waals surface area contributed by atoms with Crippen molar-refractivity contribution < 1.29 is 18.0 Å². The zero-order chi connectivity index (χ0) is 22.9. The predicted octanol–water partition coefficient (Wildman–Crippen LogP) is 5.68. The lowest BCUT2D eigenvalue weighted by Crippen LogP contribution is -2.14. The first-order chi connectivity index (χ1) is 14.7. The number of carbonyl (C=O) groups is 2. The average molecular weight is 465 g/mol. The molecule has 0 aliphatic carbocycles. The summed E-state index contributed by atoms with van der Waals surface area (Å²) >= 11 is 6.26. The molecule has 0 aromatic heterocycles. The largest absolute Gasteiger partial charge is 0.326 e. The van der Waals surface area contributed by atoms with E-state index in [1.807, 2.05) is 0 Å². The predicted molar refractivity (Wildman–Crippen MR) is 126 cm³/mol. The molecule has 0 radical (unpaired) electrons. The standard InChI is InChI=1S/C23H29ClN2O4S/c1-3-4-5-6-7-8-12-22(27)25-18-13-14-21(20(24)16-18)26-23(28)17-10-9-11-19(15-17)31(2,29)30/h9-11,13-16H,3-8,12H2,1-2H3,(H,25,27)(H,26,28). The molecule has 0 aliphatic heterocycles. The third-order valence-electron chi connectivity index (χ3n) is 4.78. The molecule has 8 heteroatoms. The van der Waals surface area contributed by atoms with E-state index in [-0.39, 0.29) is 21.4 Å². The Morgan fingerprint density at radius 1 is 0.935 bits per heavy atom. The number of amides is 2. The van der Waals surface area contributed by atoms with Crippen molar-refractivity contribution in [1.82, 2.24) is 0 Å². The van der Waals surface area contributed by atoms with Crippen molar-refractivity contribution in [2.75, 3.05) is 16.9 Å².